The molecule has 0 unspecified atom stereocenters. The first-order chi connectivity index (χ1) is 11.5. The Morgan fingerprint density at radius 2 is 0.917 bits per heavy atom. The number of rotatable bonds is 8. The number of carbonyl (C=O) groups excluding carboxylic acids is 2. The van der Waals surface area contributed by atoms with Crippen LogP contribution in [0.25, 0.3) is 0 Å². The quantitative estimate of drug-likeness (QED) is 0.502. The maximum atomic E-state index is 11.7. The predicted octanol–water partition coefficient (Wildman–Crippen LogP) is 3.60. The van der Waals surface area contributed by atoms with Crippen molar-refractivity contribution in [2.24, 2.45) is 33.9 Å². The van der Waals surface area contributed by atoms with Gasteiger partial charge in [-0.05, 0) is 51.4 Å². The van der Waals surface area contributed by atoms with Gasteiger partial charge in [0.1, 0.15) is 0 Å². The maximum Gasteiger partial charge on any atom is 0.304 e. The number of hydrogen-bond donors (Lipinski definition) is 0. The van der Waals surface area contributed by atoms with E-state index < -0.39 is 11.4 Å². The molecule has 0 amide bonds. The van der Waals surface area contributed by atoms with E-state index >= 15 is 0 Å². The highest BCUT2D eigenvalue weighted by atomic mass is 16.6. The maximum absolute atomic E-state index is 11.7. The lowest BCUT2D eigenvalue weighted by molar-refractivity contribution is -0.170. The molecule has 4 saturated carbocycles. The molecule has 132 valence electrons. The van der Waals surface area contributed by atoms with E-state index in [-0.39, 0.29) is 35.6 Å². The zero-order valence-corrected chi connectivity index (χ0v) is 14.5. The second kappa shape index (κ2) is 5.53. The summed E-state index contributed by atoms with van der Waals surface area (Å²) in [5, 5.41) is 9.34. The highest BCUT2D eigenvalue weighted by Gasteiger charge is 2.61. The second-order valence-electron chi connectivity index (χ2n) is 7.99. The van der Waals surface area contributed by atoms with Crippen molar-refractivity contribution in [1.82, 2.24) is 0 Å². The summed E-state index contributed by atoms with van der Waals surface area (Å²) in [6.07, 6.45) is 8.19. The molecular weight excluding hydrogens is 308 g/mol. The fourth-order valence-corrected chi connectivity index (χ4v) is 3.97. The number of ether oxygens (including phenoxy) is 2. The summed E-state index contributed by atoms with van der Waals surface area (Å²) < 4.78 is 11.5. The molecule has 0 aliphatic heterocycles. The van der Waals surface area contributed by atoms with Crippen molar-refractivity contribution >= 4 is 11.9 Å². The van der Waals surface area contributed by atoms with Gasteiger partial charge in [0.15, 0.2) is 0 Å². The van der Waals surface area contributed by atoms with Gasteiger partial charge in [0.2, 0.25) is 11.4 Å². The molecule has 0 aromatic rings. The van der Waals surface area contributed by atoms with Crippen molar-refractivity contribution in [3.63, 3.8) is 0 Å². The van der Waals surface area contributed by atoms with Crippen LogP contribution in [-0.4, -0.2) is 23.4 Å². The molecular formula is C18H26N2O4. The molecule has 4 aliphatic carbocycles. The fraction of sp³-hybridized carbons (Fsp3) is 0.889. The molecule has 0 heterocycles. The third kappa shape index (κ3) is 2.95. The molecule has 4 rings (SSSR count). The van der Waals surface area contributed by atoms with Crippen LogP contribution >= 0.6 is 0 Å². The lowest BCUT2D eigenvalue weighted by Crippen LogP contribution is -2.41. The van der Waals surface area contributed by atoms with Crippen LogP contribution in [0.5, 0.6) is 0 Å². The summed E-state index contributed by atoms with van der Waals surface area (Å²) in [6.45, 7) is 2.88. The van der Waals surface area contributed by atoms with E-state index in [1.54, 1.807) is 0 Å². The minimum absolute atomic E-state index is 0.270. The summed E-state index contributed by atoms with van der Waals surface area (Å²) >= 11 is 0. The Morgan fingerprint density at radius 1 is 0.667 bits per heavy atom. The SMILES string of the molecule is CC(=O)OC(/N=N/C(OC(C)=O)(C1CC1)C1CC1)(C1CC1)C1CC1. The molecule has 0 bridgehead atoms. The zero-order valence-electron chi connectivity index (χ0n) is 14.5. The van der Waals surface area contributed by atoms with E-state index in [0.29, 0.717) is 0 Å². The minimum Gasteiger partial charge on any atom is -0.435 e. The predicted molar refractivity (Wildman–Crippen MR) is 84.7 cm³/mol. The Morgan fingerprint density at radius 3 is 1.08 bits per heavy atom. The monoisotopic (exact) mass is 334 g/mol. The Labute approximate surface area is 142 Å². The molecule has 6 heteroatoms. The number of nitrogens with zero attached hydrogens (tertiary/aromatic N) is 2. The average molecular weight is 334 g/mol. The molecule has 0 N–H and O–H groups in total. The summed E-state index contributed by atoms with van der Waals surface area (Å²) in [5.74, 6) is 0.474. The summed E-state index contributed by atoms with van der Waals surface area (Å²) in [7, 11) is 0. The molecule has 24 heavy (non-hydrogen) atoms. The van der Waals surface area contributed by atoms with Crippen LogP contribution < -0.4 is 0 Å². The fourth-order valence-electron chi connectivity index (χ4n) is 3.97. The van der Waals surface area contributed by atoms with Crippen LogP contribution in [0.15, 0.2) is 10.2 Å². The molecule has 0 aromatic carbocycles. The first-order valence-corrected chi connectivity index (χ1v) is 9.29. The topological polar surface area (TPSA) is 77.3 Å². The summed E-state index contributed by atoms with van der Waals surface area (Å²) in [6, 6.07) is 0. The van der Waals surface area contributed by atoms with E-state index in [1.807, 2.05) is 0 Å². The van der Waals surface area contributed by atoms with E-state index in [2.05, 4.69) is 10.2 Å². The van der Waals surface area contributed by atoms with Crippen LogP contribution in [0.4, 0.5) is 0 Å². The number of azo groups is 1. The highest BCUT2D eigenvalue weighted by molar-refractivity contribution is 5.67. The standard InChI is InChI=1S/C18H26N2O4/c1-11(21)23-17(13-3-4-13,14-5-6-14)19-20-18(15-7-8-15,16-9-10-16)24-12(2)22/h13-16H,3-10H2,1-2H3/b20-19+. The van der Waals surface area contributed by atoms with Gasteiger partial charge in [-0.3, -0.25) is 9.59 Å². The normalized spacial score (nSPS) is 24.9. The van der Waals surface area contributed by atoms with Crippen LogP contribution in [0.1, 0.15) is 65.2 Å². The smallest absolute Gasteiger partial charge is 0.304 e. The molecule has 0 radical (unpaired) electrons. The third-order valence-electron chi connectivity index (χ3n) is 5.63. The largest absolute Gasteiger partial charge is 0.435 e. The number of esters is 2. The van der Waals surface area contributed by atoms with Crippen molar-refractivity contribution in [2.45, 2.75) is 76.7 Å². The van der Waals surface area contributed by atoms with Crippen LogP contribution in [0.3, 0.4) is 0 Å². The van der Waals surface area contributed by atoms with E-state index in [4.69, 9.17) is 9.47 Å². The number of carbonyl (C=O) groups is 2. The Hall–Kier alpha value is -1.46. The molecule has 0 spiro atoms. The Kier molecular flexibility index (Phi) is 3.69. The average Bonchev–Trinajstić information content (AvgIpc) is 3.40. The van der Waals surface area contributed by atoms with Gasteiger partial charge in [-0.25, -0.2) is 0 Å². The van der Waals surface area contributed by atoms with E-state index in [0.717, 1.165) is 51.4 Å². The molecule has 0 atom stereocenters. The second-order valence-corrected chi connectivity index (χ2v) is 7.99. The number of hydrogen-bond acceptors (Lipinski definition) is 6. The van der Waals surface area contributed by atoms with Crippen LogP contribution in [0, 0.1) is 23.7 Å². The molecule has 6 nitrogen and oxygen atoms in total. The molecule has 0 saturated heterocycles. The first-order valence-electron chi connectivity index (χ1n) is 9.29. The van der Waals surface area contributed by atoms with Gasteiger partial charge < -0.3 is 9.47 Å². The lowest BCUT2D eigenvalue weighted by Gasteiger charge is -2.32. The first kappa shape index (κ1) is 16.0. The molecule has 4 aliphatic rings. The van der Waals surface area contributed by atoms with E-state index in [9.17, 15) is 9.59 Å². The highest BCUT2D eigenvalue weighted by Crippen LogP contribution is 2.58. The van der Waals surface area contributed by atoms with Crippen molar-refractivity contribution in [2.75, 3.05) is 0 Å². The van der Waals surface area contributed by atoms with Gasteiger partial charge in [-0.1, -0.05) is 0 Å². The van der Waals surface area contributed by atoms with Crippen LogP contribution in [0.2, 0.25) is 0 Å². The molecule has 4 fully saturated rings. The van der Waals surface area contributed by atoms with Gasteiger partial charge in [0.25, 0.3) is 0 Å². The molecule has 0 aromatic heterocycles. The van der Waals surface area contributed by atoms with Gasteiger partial charge in [-0.15, -0.1) is 10.2 Å². The van der Waals surface area contributed by atoms with Gasteiger partial charge in [0.05, 0.1) is 0 Å². The van der Waals surface area contributed by atoms with Crippen molar-refractivity contribution in [3.8, 4) is 0 Å². The van der Waals surface area contributed by atoms with Crippen molar-refractivity contribution < 1.29 is 19.1 Å². The van der Waals surface area contributed by atoms with Crippen molar-refractivity contribution in [3.05, 3.63) is 0 Å². The van der Waals surface area contributed by atoms with Crippen LogP contribution in [-0.2, 0) is 19.1 Å². The van der Waals surface area contributed by atoms with Gasteiger partial charge >= 0.3 is 11.9 Å². The lowest BCUT2D eigenvalue weighted by atomic mass is 10.0. The summed E-state index contributed by atoms with van der Waals surface area (Å²) in [5.41, 5.74) is -1.64. The van der Waals surface area contributed by atoms with E-state index in [1.165, 1.54) is 13.8 Å². The summed E-state index contributed by atoms with van der Waals surface area (Å²) in [4.78, 5) is 23.4. The van der Waals surface area contributed by atoms with Crippen molar-refractivity contribution in [1.29, 1.82) is 0 Å². The third-order valence-corrected chi connectivity index (χ3v) is 5.63. The zero-order chi connectivity index (χ0) is 16.9. The van der Waals surface area contributed by atoms with Gasteiger partial charge in [0, 0.05) is 37.5 Å². The Balaban J connectivity index is 1.65. The van der Waals surface area contributed by atoms with Gasteiger partial charge in [-0.2, -0.15) is 0 Å². The Bertz CT molecular complexity index is 498. The minimum atomic E-state index is -0.818.